The SMILES string of the molecule is N#Cc1cc(S(=O)(=O)NCC2CCNCC2)ccc1F. The van der Waals surface area contributed by atoms with Crippen molar-refractivity contribution in [1.29, 1.82) is 5.26 Å². The highest BCUT2D eigenvalue weighted by molar-refractivity contribution is 7.89. The second kappa shape index (κ2) is 6.31. The molecule has 0 aliphatic carbocycles. The maximum atomic E-state index is 13.2. The maximum absolute atomic E-state index is 13.2. The first-order valence-electron chi connectivity index (χ1n) is 6.43. The van der Waals surface area contributed by atoms with Crippen LogP contribution in [0.5, 0.6) is 0 Å². The van der Waals surface area contributed by atoms with E-state index in [9.17, 15) is 12.8 Å². The molecule has 20 heavy (non-hydrogen) atoms. The smallest absolute Gasteiger partial charge is 0.240 e. The molecular weight excluding hydrogens is 281 g/mol. The Labute approximate surface area is 117 Å². The molecule has 1 saturated heterocycles. The predicted octanol–water partition coefficient (Wildman–Crippen LogP) is 0.975. The molecule has 0 amide bonds. The number of piperidine rings is 1. The average molecular weight is 297 g/mol. The van der Waals surface area contributed by atoms with Crippen LogP contribution in [-0.2, 0) is 10.0 Å². The average Bonchev–Trinajstić information content (AvgIpc) is 2.46. The van der Waals surface area contributed by atoms with Gasteiger partial charge >= 0.3 is 0 Å². The van der Waals surface area contributed by atoms with E-state index in [1.165, 1.54) is 6.07 Å². The Morgan fingerprint density at radius 2 is 2.10 bits per heavy atom. The van der Waals surface area contributed by atoms with Crippen LogP contribution in [0.2, 0.25) is 0 Å². The van der Waals surface area contributed by atoms with Gasteiger partial charge in [0.2, 0.25) is 10.0 Å². The van der Waals surface area contributed by atoms with Crippen molar-refractivity contribution in [3.05, 3.63) is 29.6 Å². The van der Waals surface area contributed by atoms with E-state index < -0.39 is 15.8 Å². The van der Waals surface area contributed by atoms with E-state index >= 15 is 0 Å². The van der Waals surface area contributed by atoms with Crippen molar-refractivity contribution in [3.63, 3.8) is 0 Å². The minimum Gasteiger partial charge on any atom is -0.317 e. The van der Waals surface area contributed by atoms with Gasteiger partial charge in [-0.25, -0.2) is 17.5 Å². The molecule has 0 radical (unpaired) electrons. The van der Waals surface area contributed by atoms with Crippen molar-refractivity contribution < 1.29 is 12.8 Å². The van der Waals surface area contributed by atoms with Crippen molar-refractivity contribution in [3.8, 4) is 6.07 Å². The molecule has 1 aromatic carbocycles. The zero-order chi connectivity index (χ0) is 14.6. The number of hydrogen-bond acceptors (Lipinski definition) is 4. The van der Waals surface area contributed by atoms with Crippen LogP contribution < -0.4 is 10.0 Å². The van der Waals surface area contributed by atoms with E-state index in [4.69, 9.17) is 5.26 Å². The monoisotopic (exact) mass is 297 g/mol. The van der Waals surface area contributed by atoms with E-state index in [-0.39, 0.29) is 10.5 Å². The molecule has 1 heterocycles. The largest absolute Gasteiger partial charge is 0.317 e. The molecule has 1 aliphatic heterocycles. The van der Waals surface area contributed by atoms with Gasteiger partial charge in [0.15, 0.2) is 0 Å². The molecule has 0 saturated carbocycles. The van der Waals surface area contributed by atoms with Crippen LogP contribution in [0.4, 0.5) is 4.39 Å². The molecule has 108 valence electrons. The second-order valence-corrected chi connectivity index (χ2v) is 6.57. The van der Waals surface area contributed by atoms with Gasteiger partial charge in [-0.1, -0.05) is 0 Å². The predicted molar refractivity (Wildman–Crippen MR) is 71.9 cm³/mol. The summed E-state index contributed by atoms with van der Waals surface area (Å²) in [6.45, 7) is 2.15. The molecule has 0 unspecified atom stereocenters. The molecular formula is C13H16FN3O2S. The highest BCUT2D eigenvalue weighted by atomic mass is 32.2. The number of hydrogen-bond donors (Lipinski definition) is 2. The summed E-state index contributed by atoms with van der Waals surface area (Å²) in [6.07, 6.45) is 1.85. The van der Waals surface area contributed by atoms with Gasteiger partial charge in [0, 0.05) is 6.54 Å². The van der Waals surface area contributed by atoms with E-state index in [1.54, 1.807) is 6.07 Å². The highest BCUT2D eigenvalue weighted by Crippen LogP contribution is 2.16. The fourth-order valence-corrected chi connectivity index (χ4v) is 3.30. The summed E-state index contributed by atoms with van der Waals surface area (Å²) < 4.78 is 39.9. The van der Waals surface area contributed by atoms with Gasteiger partial charge in [0.05, 0.1) is 10.5 Å². The van der Waals surface area contributed by atoms with Crippen LogP contribution in [0.1, 0.15) is 18.4 Å². The summed E-state index contributed by atoms with van der Waals surface area (Å²) in [4.78, 5) is -0.0793. The zero-order valence-electron chi connectivity index (χ0n) is 10.9. The zero-order valence-corrected chi connectivity index (χ0v) is 11.7. The third-order valence-corrected chi connectivity index (χ3v) is 4.81. The highest BCUT2D eigenvalue weighted by Gasteiger charge is 2.19. The van der Waals surface area contributed by atoms with Crippen molar-refractivity contribution in [2.45, 2.75) is 17.7 Å². The minimum atomic E-state index is -3.70. The molecule has 0 spiro atoms. The summed E-state index contributed by atoms with van der Waals surface area (Å²) in [5.41, 5.74) is -0.269. The number of nitriles is 1. The lowest BCUT2D eigenvalue weighted by Crippen LogP contribution is -2.36. The Hall–Kier alpha value is -1.49. The number of sulfonamides is 1. The summed E-state index contributed by atoms with van der Waals surface area (Å²) in [5, 5.41) is 11.9. The fourth-order valence-electron chi connectivity index (χ4n) is 2.15. The van der Waals surface area contributed by atoms with Crippen molar-refractivity contribution in [2.75, 3.05) is 19.6 Å². The molecule has 0 aromatic heterocycles. The number of benzene rings is 1. The van der Waals surface area contributed by atoms with Crippen LogP contribution in [0.25, 0.3) is 0 Å². The Kier molecular flexibility index (Phi) is 4.70. The van der Waals surface area contributed by atoms with Gasteiger partial charge in [-0.15, -0.1) is 0 Å². The topological polar surface area (TPSA) is 82.0 Å². The van der Waals surface area contributed by atoms with Gasteiger partial charge in [-0.3, -0.25) is 0 Å². The van der Waals surface area contributed by atoms with Crippen LogP contribution in [0.3, 0.4) is 0 Å². The van der Waals surface area contributed by atoms with Crippen LogP contribution in [0.15, 0.2) is 23.1 Å². The lowest BCUT2D eigenvalue weighted by molar-refractivity contribution is 0.372. The van der Waals surface area contributed by atoms with Crippen LogP contribution in [-0.4, -0.2) is 28.1 Å². The van der Waals surface area contributed by atoms with Crippen LogP contribution >= 0.6 is 0 Å². The fraction of sp³-hybridized carbons (Fsp3) is 0.462. The van der Waals surface area contributed by atoms with Crippen LogP contribution in [0, 0.1) is 23.1 Å². The lowest BCUT2D eigenvalue weighted by Gasteiger charge is -2.22. The standard InChI is InChI=1S/C13H16FN3O2S/c14-13-2-1-12(7-11(13)8-15)20(18,19)17-9-10-3-5-16-6-4-10/h1-2,7,10,16-17H,3-6,9H2. The molecule has 1 aliphatic rings. The maximum Gasteiger partial charge on any atom is 0.240 e. The quantitative estimate of drug-likeness (QED) is 0.868. The molecule has 2 N–H and O–H groups in total. The Morgan fingerprint density at radius 3 is 2.75 bits per heavy atom. The normalized spacial score (nSPS) is 16.8. The molecule has 1 aromatic rings. The van der Waals surface area contributed by atoms with Gasteiger partial charge in [0.1, 0.15) is 11.9 Å². The second-order valence-electron chi connectivity index (χ2n) is 4.80. The molecule has 0 atom stereocenters. The van der Waals surface area contributed by atoms with Crippen molar-refractivity contribution in [1.82, 2.24) is 10.0 Å². The van der Waals surface area contributed by atoms with Gasteiger partial charge in [-0.05, 0) is 50.0 Å². The molecule has 1 fully saturated rings. The summed E-state index contributed by atoms with van der Waals surface area (Å²) in [6, 6.07) is 4.86. The van der Waals surface area contributed by atoms with E-state index in [1.807, 2.05) is 0 Å². The third-order valence-electron chi connectivity index (χ3n) is 3.39. The van der Waals surface area contributed by atoms with Gasteiger partial charge < -0.3 is 5.32 Å². The first-order chi connectivity index (χ1) is 9.53. The van der Waals surface area contributed by atoms with Crippen molar-refractivity contribution in [2.24, 2.45) is 5.92 Å². The number of halogens is 1. The molecule has 2 rings (SSSR count). The molecule has 7 heteroatoms. The van der Waals surface area contributed by atoms with Gasteiger partial charge in [-0.2, -0.15) is 5.26 Å². The number of rotatable bonds is 4. The number of nitrogens with one attached hydrogen (secondary N) is 2. The van der Waals surface area contributed by atoms with E-state index in [2.05, 4.69) is 10.0 Å². The first-order valence-corrected chi connectivity index (χ1v) is 7.91. The first kappa shape index (κ1) is 14.9. The summed E-state index contributed by atoms with van der Waals surface area (Å²) >= 11 is 0. The molecule has 5 nitrogen and oxygen atoms in total. The Bertz CT molecular complexity index is 619. The van der Waals surface area contributed by atoms with Crippen molar-refractivity contribution >= 4 is 10.0 Å². The minimum absolute atomic E-state index is 0.0793. The van der Waals surface area contributed by atoms with E-state index in [0.717, 1.165) is 38.1 Å². The van der Waals surface area contributed by atoms with Gasteiger partial charge in [0.25, 0.3) is 0 Å². The number of nitrogens with zero attached hydrogens (tertiary/aromatic N) is 1. The third kappa shape index (κ3) is 3.54. The lowest BCUT2D eigenvalue weighted by atomic mass is 9.99. The summed E-state index contributed by atoms with van der Waals surface area (Å²) in [5.74, 6) is -0.410. The summed E-state index contributed by atoms with van der Waals surface area (Å²) in [7, 11) is -3.70. The molecule has 0 bridgehead atoms. The van der Waals surface area contributed by atoms with E-state index in [0.29, 0.717) is 12.5 Å². The Balaban J connectivity index is 2.08. The Morgan fingerprint density at radius 1 is 1.40 bits per heavy atom.